The molecule has 0 spiro atoms. The first-order valence-corrected chi connectivity index (χ1v) is 9.11. The number of nitrogens with zero attached hydrogens (tertiary/aromatic N) is 1. The van der Waals surface area contributed by atoms with Crippen molar-refractivity contribution in [2.75, 3.05) is 11.9 Å². The number of rotatable bonds is 10. The number of carbonyl (C=O) groups is 4. The maximum Gasteiger partial charge on any atom is 0.303 e. The quantitative estimate of drug-likeness (QED) is 0.349. The van der Waals surface area contributed by atoms with Crippen LogP contribution in [0.25, 0.3) is 10.2 Å². The van der Waals surface area contributed by atoms with Crippen LogP contribution in [-0.2, 0) is 14.4 Å². The minimum atomic E-state index is -1.01. The van der Waals surface area contributed by atoms with Gasteiger partial charge in [0.25, 0.3) is 0 Å². The summed E-state index contributed by atoms with van der Waals surface area (Å²) in [5.41, 5.74) is 6.82. The largest absolute Gasteiger partial charge is 0.481 e. The zero-order chi connectivity index (χ0) is 19.8. The van der Waals surface area contributed by atoms with Gasteiger partial charge in [0.2, 0.25) is 11.8 Å². The van der Waals surface area contributed by atoms with Gasteiger partial charge in [-0.25, -0.2) is 4.98 Å². The molecule has 0 aliphatic heterocycles. The van der Waals surface area contributed by atoms with Crippen LogP contribution in [0.3, 0.4) is 0 Å². The molecule has 144 valence electrons. The second-order valence-electron chi connectivity index (χ2n) is 5.85. The molecular weight excluding hydrogens is 372 g/mol. The summed E-state index contributed by atoms with van der Waals surface area (Å²) < 4.78 is 0.803. The molecule has 1 aromatic carbocycles. The van der Waals surface area contributed by atoms with E-state index in [1.165, 1.54) is 11.3 Å². The Kier molecular flexibility index (Phi) is 7.38. The number of benzene rings is 1. The predicted octanol–water partition coefficient (Wildman–Crippen LogP) is 1.14. The third-order valence-electron chi connectivity index (χ3n) is 3.68. The Balaban J connectivity index is 1.72. The highest BCUT2D eigenvalue weighted by atomic mass is 32.1. The minimum Gasteiger partial charge on any atom is -0.481 e. The van der Waals surface area contributed by atoms with Crippen molar-refractivity contribution in [3.63, 3.8) is 0 Å². The van der Waals surface area contributed by atoms with Crippen molar-refractivity contribution >= 4 is 50.8 Å². The molecule has 9 nitrogen and oxygen atoms in total. The zero-order valence-electron chi connectivity index (χ0n) is 14.4. The van der Waals surface area contributed by atoms with Crippen LogP contribution in [0.4, 0.5) is 5.13 Å². The number of hydrogen-bond donors (Lipinski definition) is 4. The maximum absolute atomic E-state index is 12.0. The average Bonchev–Trinajstić information content (AvgIpc) is 3.03. The van der Waals surface area contributed by atoms with E-state index >= 15 is 0 Å². The fourth-order valence-electron chi connectivity index (χ4n) is 2.25. The first kappa shape index (κ1) is 20.5. The van der Waals surface area contributed by atoms with E-state index in [0.29, 0.717) is 22.6 Å². The number of thiazole rings is 1. The first-order valence-electron chi connectivity index (χ1n) is 8.29. The molecule has 0 bridgehead atoms. The molecule has 10 heteroatoms. The fourth-order valence-corrected chi connectivity index (χ4v) is 3.18. The monoisotopic (exact) mass is 392 g/mol. The van der Waals surface area contributed by atoms with Crippen molar-refractivity contribution in [2.45, 2.75) is 31.7 Å². The lowest BCUT2D eigenvalue weighted by atomic mass is 10.1. The molecule has 5 N–H and O–H groups in total. The van der Waals surface area contributed by atoms with Crippen LogP contribution in [0.5, 0.6) is 0 Å². The van der Waals surface area contributed by atoms with Crippen molar-refractivity contribution in [1.82, 2.24) is 10.3 Å². The van der Waals surface area contributed by atoms with Crippen molar-refractivity contribution in [3.05, 3.63) is 23.8 Å². The average molecular weight is 392 g/mol. The topological polar surface area (TPSA) is 151 Å². The van der Waals surface area contributed by atoms with E-state index in [9.17, 15) is 19.2 Å². The molecule has 0 unspecified atom stereocenters. The number of fused-ring (bicyclic) bond motifs is 1. The highest BCUT2D eigenvalue weighted by molar-refractivity contribution is 7.22. The van der Waals surface area contributed by atoms with Crippen LogP contribution in [0.2, 0.25) is 0 Å². The smallest absolute Gasteiger partial charge is 0.303 e. The van der Waals surface area contributed by atoms with E-state index in [1.54, 1.807) is 18.2 Å². The Morgan fingerprint density at radius 3 is 2.78 bits per heavy atom. The number of anilines is 1. The lowest BCUT2D eigenvalue weighted by Crippen LogP contribution is -2.41. The molecule has 27 heavy (non-hydrogen) atoms. The fraction of sp³-hybridized carbons (Fsp3) is 0.353. The number of hydrogen-bond acceptors (Lipinski definition) is 7. The van der Waals surface area contributed by atoms with Crippen LogP contribution in [0.1, 0.15) is 36.0 Å². The molecule has 2 aromatic rings. The normalized spacial score (nSPS) is 11.7. The van der Waals surface area contributed by atoms with E-state index in [0.717, 1.165) is 11.0 Å². The van der Waals surface area contributed by atoms with Gasteiger partial charge in [-0.15, -0.1) is 0 Å². The van der Waals surface area contributed by atoms with E-state index in [1.807, 2.05) is 0 Å². The predicted molar refractivity (Wildman–Crippen MR) is 101 cm³/mol. The molecule has 1 atom stereocenters. The van der Waals surface area contributed by atoms with Crippen LogP contribution >= 0.6 is 11.3 Å². The van der Waals surface area contributed by atoms with Crippen molar-refractivity contribution in [3.8, 4) is 0 Å². The molecule has 1 aromatic heterocycles. The van der Waals surface area contributed by atoms with Gasteiger partial charge in [-0.05, 0) is 31.0 Å². The summed E-state index contributed by atoms with van der Waals surface area (Å²) in [4.78, 5) is 49.2. The minimum absolute atomic E-state index is 0.0606. The Hall–Kier alpha value is -2.85. The second kappa shape index (κ2) is 9.74. The lowest BCUT2D eigenvalue weighted by Gasteiger charge is -2.10. The van der Waals surface area contributed by atoms with Crippen molar-refractivity contribution in [2.24, 2.45) is 5.73 Å². The van der Waals surface area contributed by atoms with Crippen molar-refractivity contribution in [1.29, 1.82) is 0 Å². The number of aliphatic carboxylic acids is 1. The number of carboxylic acids is 1. The summed E-state index contributed by atoms with van der Waals surface area (Å²) in [6, 6.07) is 4.20. The number of carbonyl (C=O) groups excluding carboxylic acids is 3. The van der Waals surface area contributed by atoms with E-state index in [4.69, 9.17) is 10.8 Å². The van der Waals surface area contributed by atoms with Crippen LogP contribution < -0.4 is 16.4 Å². The van der Waals surface area contributed by atoms with Crippen LogP contribution in [-0.4, -0.2) is 46.7 Å². The van der Waals surface area contributed by atoms with Gasteiger partial charge in [-0.2, -0.15) is 0 Å². The van der Waals surface area contributed by atoms with Gasteiger partial charge in [-0.1, -0.05) is 11.3 Å². The number of amides is 2. The van der Waals surface area contributed by atoms with Gasteiger partial charge in [0, 0.05) is 24.9 Å². The third-order valence-corrected chi connectivity index (χ3v) is 4.61. The summed E-state index contributed by atoms with van der Waals surface area (Å²) in [6.45, 7) is 0.259. The van der Waals surface area contributed by atoms with E-state index in [-0.39, 0.29) is 31.7 Å². The van der Waals surface area contributed by atoms with Crippen LogP contribution in [0, 0.1) is 0 Å². The zero-order valence-corrected chi connectivity index (χ0v) is 15.3. The number of aldehydes is 1. The molecule has 0 fully saturated rings. The molecule has 0 saturated carbocycles. The number of carboxylic acid groups (broad SMARTS) is 1. The first-order chi connectivity index (χ1) is 12.9. The highest BCUT2D eigenvalue weighted by Crippen LogP contribution is 2.26. The van der Waals surface area contributed by atoms with Crippen molar-refractivity contribution < 1.29 is 24.3 Å². The molecule has 0 radical (unpaired) electrons. The standard InChI is InChI=1S/C17H20N4O5S/c18-11(4-6-15(24)25)16(26)19-7-1-2-14(23)21-17-20-12-5-3-10(9-22)8-13(12)27-17/h3,5,8-9,11H,1-2,4,6-7,18H2,(H,19,26)(H,24,25)(H,20,21,23)/t11-/m0/s1. The SMILES string of the molecule is N[C@@H](CCC(=O)O)C(=O)NCCCC(=O)Nc1nc2ccc(C=O)cc2s1. The molecule has 2 amide bonds. The molecule has 2 rings (SSSR count). The number of aromatic nitrogens is 1. The van der Waals surface area contributed by atoms with Gasteiger partial charge in [0.05, 0.1) is 16.3 Å². The van der Waals surface area contributed by atoms with Gasteiger partial charge >= 0.3 is 5.97 Å². The highest BCUT2D eigenvalue weighted by Gasteiger charge is 2.14. The summed E-state index contributed by atoms with van der Waals surface area (Å²) in [5.74, 6) is -1.69. The summed E-state index contributed by atoms with van der Waals surface area (Å²) in [6.07, 6.45) is 1.22. The maximum atomic E-state index is 12.0. The second-order valence-corrected chi connectivity index (χ2v) is 6.88. The van der Waals surface area contributed by atoms with E-state index < -0.39 is 17.9 Å². The summed E-state index contributed by atoms with van der Waals surface area (Å²) in [7, 11) is 0. The molecule has 0 aliphatic carbocycles. The molecular formula is C17H20N4O5S. The van der Waals surface area contributed by atoms with Gasteiger partial charge in [-0.3, -0.25) is 19.2 Å². The Morgan fingerprint density at radius 2 is 2.07 bits per heavy atom. The summed E-state index contributed by atoms with van der Waals surface area (Å²) >= 11 is 1.27. The number of nitrogens with two attached hydrogens (primary N) is 1. The molecule has 1 heterocycles. The Labute approximate surface area is 159 Å². The van der Waals surface area contributed by atoms with Gasteiger partial charge in [0.1, 0.15) is 6.29 Å². The number of nitrogens with one attached hydrogen (secondary N) is 2. The van der Waals surface area contributed by atoms with Gasteiger partial charge in [0.15, 0.2) is 5.13 Å². The third kappa shape index (κ3) is 6.42. The van der Waals surface area contributed by atoms with Crippen LogP contribution in [0.15, 0.2) is 18.2 Å². The lowest BCUT2D eigenvalue weighted by molar-refractivity contribution is -0.137. The van der Waals surface area contributed by atoms with E-state index in [2.05, 4.69) is 15.6 Å². The molecule has 0 aliphatic rings. The molecule has 0 saturated heterocycles. The Morgan fingerprint density at radius 1 is 1.30 bits per heavy atom. The summed E-state index contributed by atoms with van der Waals surface area (Å²) in [5, 5.41) is 14.3. The Bertz CT molecular complexity index is 851. The van der Waals surface area contributed by atoms with Gasteiger partial charge < -0.3 is 21.5 Å².